The number of hydrogen-bond donors (Lipinski definition) is 1. The minimum absolute atomic E-state index is 0.166. The van der Waals surface area contributed by atoms with Crippen molar-refractivity contribution in [2.24, 2.45) is 0 Å². The van der Waals surface area contributed by atoms with Gasteiger partial charge in [-0.05, 0) is 48.9 Å². The van der Waals surface area contributed by atoms with E-state index in [-0.39, 0.29) is 12.5 Å². The summed E-state index contributed by atoms with van der Waals surface area (Å²) in [4.78, 5) is 2.04. The first-order valence-electron chi connectivity index (χ1n) is 7.82. The van der Waals surface area contributed by atoms with Crippen molar-refractivity contribution in [1.82, 2.24) is 0 Å². The average molecular weight is 327 g/mol. The zero-order valence-electron chi connectivity index (χ0n) is 13.9. The normalized spacial score (nSPS) is 12.6. The Kier molecular flexibility index (Phi) is 4.79. The molecule has 1 aliphatic heterocycles. The molecule has 0 aromatic heterocycles. The first-order chi connectivity index (χ1) is 11.7. The summed E-state index contributed by atoms with van der Waals surface area (Å²) < 4.78 is 15.8. The Hall–Kier alpha value is -2.82. The Balaban J connectivity index is 1.56. The molecule has 0 amide bonds. The van der Waals surface area contributed by atoms with Crippen molar-refractivity contribution in [2.75, 3.05) is 25.9 Å². The number of allylic oxidation sites excluding steroid dienone is 1. The third-order valence-electron chi connectivity index (χ3n) is 3.94. The third kappa shape index (κ3) is 3.56. The number of fused-ring (bicyclic) bond motifs is 1. The lowest BCUT2D eigenvalue weighted by Gasteiger charge is -2.14. The number of methoxy groups -OCH3 is 1. The fraction of sp³-hybridized carbons (Fsp3) is 0.263. The van der Waals surface area contributed by atoms with Crippen molar-refractivity contribution >= 4 is 5.69 Å². The fourth-order valence-corrected chi connectivity index (χ4v) is 2.55. The van der Waals surface area contributed by atoms with Gasteiger partial charge in [0.1, 0.15) is 0 Å². The van der Waals surface area contributed by atoms with E-state index in [2.05, 4.69) is 6.08 Å². The number of aryl methyl sites for hydroxylation is 1. The topological polar surface area (TPSA) is 51.2 Å². The molecule has 0 radical (unpaired) electrons. The molecule has 1 aliphatic rings. The summed E-state index contributed by atoms with van der Waals surface area (Å²) in [6.45, 7) is 0.286. The second-order valence-corrected chi connectivity index (χ2v) is 5.58. The molecule has 1 heterocycles. The van der Waals surface area contributed by atoms with Gasteiger partial charge in [0.15, 0.2) is 23.0 Å². The summed E-state index contributed by atoms with van der Waals surface area (Å²) in [5, 5.41) is 9.61. The van der Waals surface area contributed by atoms with Crippen molar-refractivity contribution in [1.29, 1.82) is 0 Å². The molecule has 0 spiro atoms. The Bertz CT molecular complexity index is 742. The Labute approximate surface area is 141 Å². The summed E-state index contributed by atoms with van der Waals surface area (Å²) in [6.07, 6.45) is 5.92. The van der Waals surface area contributed by atoms with Crippen molar-refractivity contribution < 1.29 is 19.3 Å². The van der Waals surface area contributed by atoms with Crippen LogP contribution in [0.2, 0.25) is 0 Å². The van der Waals surface area contributed by atoms with Crippen LogP contribution in [0.25, 0.3) is 0 Å². The van der Waals surface area contributed by atoms with Crippen LogP contribution in [0.3, 0.4) is 0 Å². The number of phenolic OH excluding ortho intramolecular Hbond substituents is 1. The van der Waals surface area contributed by atoms with Crippen LogP contribution in [-0.2, 0) is 6.42 Å². The molecule has 2 aromatic carbocycles. The molecule has 5 heteroatoms. The number of ether oxygens (including phenoxy) is 3. The maximum absolute atomic E-state index is 9.61. The highest BCUT2D eigenvalue weighted by Gasteiger charge is 2.13. The van der Waals surface area contributed by atoms with E-state index < -0.39 is 0 Å². The first-order valence-corrected chi connectivity index (χ1v) is 7.82. The molecule has 3 rings (SSSR count). The molecule has 2 aromatic rings. The maximum atomic E-state index is 9.61. The fourth-order valence-electron chi connectivity index (χ4n) is 2.55. The molecule has 0 fully saturated rings. The van der Waals surface area contributed by atoms with Crippen molar-refractivity contribution in [3.63, 3.8) is 0 Å². The largest absolute Gasteiger partial charge is 0.504 e. The molecule has 0 saturated carbocycles. The van der Waals surface area contributed by atoms with E-state index in [1.54, 1.807) is 13.2 Å². The van der Waals surface area contributed by atoms with Crippen LogP contribution in [0, 0.1) is 0 Å². The third-order valence-corrected chi connectivity index (χ3v) is 3.94. The molecule has 0 unspecified atom stereocenters. The lowest BCUT2D eigenvalue weighted by molar-refractivity contribution is 0.174. The molecule has 24 heavy (non-hydrogen) atoms. The van der Waals surface area contributed by atoms with E-state index in [1.165, 1.54) is 0 Å². The van der Waals surface area contributed by atoms with Gasteiger partial charge in [-0.25, -0.2) is 0 Å². The highest BCUT2D eigenvalue weighted by atomic mass is 16.7. The van der Waals surface area contributed by atoms with Gasteiger partial charge >= 0.3 is 0 Å². The minimum Gasteiger partial charge on any atom is -0.504 e. The van der Waals surface area contributed by atoms with E-state index in [1.807, 2.05) is 48.5 Å². The summed E-state index contributed by atoms with van der Waals surface area (Å²) >= 11 is 0. The molecular formula is C19H21NO4. The van der Waals surface area contributed by atoms with Gasteiger partial charge in [-0.3, -0.25) is 0 Å². The van der Waals surface area contributed by atoms with Crippen molar-refractivity contribution in [2.45, 2.75) is 12.8 Å². The van der Waals surface area contributed by atoms with E-state index in [0.29, 0.717) is 5.75 Å². The summed E-state index contributed by atoms with van der Waals surface area (Å²) in [5.74, 6) is 2.25. The molecule has 0 atom stereocenters. The molecule has 1 N–H and O–H groups in total. The highest BCUT2D eigenvalue weighted by Crippen LogP contribution is 2.35. The Morgan fingerprint density at radius 2 is 2.00 bits per heavy atom. The van der Waals surface area contributed by atoms with Crippen LogP contribution < -0.4 is 19.1 Å². The van der Waals surface area contributed by atoms with Crippen LogP contribution in [-0.4, -0.2) is 26.1 Å². The van der Waals surface area contributed by atoms with Crippen LogP contribution in [0.15, 0.2) is 48.7 Å². The molecule has 126 valence electrons. The van der Waals surface area contributed by atoms with Crippen molar-refractivity contribution in [3.8, 4) is 23.0 Å². The van der Waals surface area contributed by atoms with Gasteiger partial charge in [-0.15, -0.1) is 0 Å². The molecule has 0 bridgehead atoms. The van der Waals surface area contributed by atoms with Gasteiger partial charge in [-0.2, -0.15) is 0 Å². The molecule has 0 saturated heterocycles. The molecule has 0 aliphatic carbocycles. The highest BCUT2D eigenvalue weighted by molar-refractivity contribution is 5.58. The minimum atomic E-state index is 0.166. The number of hydrogen-bond acceptors (Lipinski definition) is 5. The van der Waals surface area contributed by atoms with Crippen LogP contribution >= 0.6 is 0 Å². The van der Waals surface area contributed by atoms with Crippen LogP contribution in [0.5, 0.6) is 23.0 Å². The standard InChI is InChI=1S/C19H21NO4/c1-20(15-7-9-17-19(12-15)24-13-23-17)10-4-3-5-14-6-8-16(21)18(11-14)22-2/h4,6-12,21H,3,5,13H2,1-2H3. The van der Waals surface area contributed by atoms with Gasteiger partial charge in [-0.1, -0.05) is 12.1 Å². The van der Waals surface area contributed by atoms with E-state index in [0.717, 1.165) is 35.6 Å². The number of rotatable bonds is 6. The maximum Gasteiger partial charge on any atom is 0.231 e. The first kappa shape index (κ1) is 16.1. The lowest BCUT2D eigenvalue weighted by atomic mass is 10.1. The number of anilines is 1. The van der Waals surface area contributed by atoms with Crippen LogP contribution in [0.1, 0.15) is 12.0 Å². The van der Waals surface area contributed by atoms with E-state index in [9.17, 15) is 5.11 Å². The molecule has 5 nitrogen and oxygen atoms in total. The quantitative estimate of drug-likeness (QED) is 0.876. The smallest absolute Gasteiger partial charge is 0.231 e. The predicted octanol–water partition coefficient (Wildman–Crippen LogP) is 3.71. The summed E-state index contributed by atoms with van der Waals surface area (Å²) in [6, 6.07) is 11.3. The summed E-state index contributed by atoms with van der Waals surface area (Å²) in [5.41, 5.74) is 2.17. The predicted molar refractivity (Wildman–Crippen MR) is 93.1 cm³/mol. The lowest BCUT2D eigenvalue weighted by Crippen LogP contribution is -2.07. The number of aromatic hydroxyl groups is 1. The second kappa shape index (κ2) is 7.17. The number of phenols is 1. The van der Waals surface area contributed by atoms with Gasteiger partial charge in [0.05, 0.1) is 7.11 Å². The Morgan fingerprint density at radius 1 is 1.17 bits per heavy atom. The number of nitrogens with zero attached hydrogens (tertiary/aromatic N) is 1. The van der Waals surface area contributed by atoms with E-state index in [4.69, 9.17) is 14.2 Å². The molecular weight excluding hydrogens is 306 g/mol. The van der Waals surface area contributed by atoms with E-state index >= 15 is 0 Å². The zero-order valence-corrected chi connectivity index (χ0v) is 13.9. The summed E-state index contributed by atoms with van der Waals surface area (Å²) in [7, 11) is 3.55. The van der Waals surface area contributed by atoms with Gasteiger partial charge in [0, 0.05) is 18.8 Å². The Morgan fingerprint density at radius 3 is 2.83 bits per heavy atom. The average Bonchev–Trinajstić information content (AvgIpc) is 3.07. The number of benzene rings is 2. The van der Waals surface area contributed by atoms with Gasteiger partial charge in [0.25, 0.3) is 0 Å². The zero-order chi connectivity index (χ0) is 16.9. The van der Waals surface area contributed by atoms with Gasteiger partial charge < -0.3 is 24.2 Å². The van der Waals surface area contributed by atoms with Crippen molar-refractivity contribution in [3.05, 3.63) is 54.2 Å². The van der Waals surface area contributed by atoms with Gasteiger partial charge in [0.2, 0.25) is 6.79 Å². The SMILES string of the molecule is COc1cc(CCC=CN(C)c2ccc3c(c2)OCO3)ccc1O. The van der Waals surface area contributed by atoms with Crippen LogP contribution in [0.4, 0.5) is 5.69 Å². The monoisotopic (exact) mass is 327 g/mol. The second-order valence-electron chi connectivity index (χ2n) is 5.58.